The van der Waals surface area contributed by atoms with Crippen molar-refractivity contribution in [1.82, 2.24) is 9.55 Å². The Kier molecular flexibility index (Phi) is 6.41. The lowest BCUT2D eigenvalue weighted by molar-refractivity contribution is 1.18. The number of benzene rings is 5. The first kappa shape index (κ1) is 26.4. The number of hydrogen-bond donors (Lipinski definition) is 0. The van der Waals surface area contributed by atoms with Crippen LogP contribution >= 0.6 is 0 Å². The molecule has 0 amide bonds. The van der Waals surface area contributed by atoms with Gasteiger partial charge in [-0.25, -0.2) is 0 Å². The van der Waals surface area contributed by atoms with Gasteiger partial charge >= 0.3 is 0 Å². The number of fused-ring (bicyclic) bond motifs is 3. The van der Waals surface area contributed by atoms with Crippen molar-refractivity contribution < 1.29 is 0 Å². The summed E-state index contributed by atoms with van der Waals surface area (Å²) < 4.78 is 2.39. The summed E-state index contributed by atoms with van der Waals surface area (Å²) in [6.07, 6.45) is 3.59. The fraction of sp³-hybridized carbons (Fsp3) is 0.100. The van der Waals surface area contributed by atoms with Crippen molar-refractivity contribution in [3.63, 3.8) is 0 Å². The molecule has 0 atom stereocenters. The van der Waals surface area contributed by atoms with Gasteiger partial charge in [0, 0.05) is 40.0 Å². The van der Waals surface area contributed by atoms with Gasteiger partial charge in [0.05, 0.1) is 22.7 Å². The molecule has 7 aromatic rings. The molecule has 5 aromatic carbocycles. The first-order valence-corrected chi connectivity index (χ1v) is 14.6. The first-order valence-electron chi connectivity index (χ1n) is 14.6. The molecular formula is C40H31N3. The maximum atomic E-state index is 10.2. The van der Waals surface area contributed by atoms with Gasteiger partial charge in [0.1, 0.15) is 0 Å². The van der Waals surface area contributed by atoms with Crippen molar-refractivity contribution in [2.75, 3.05) is 0 Å². The minimum absolute atomic E-state index is 0.618. The Hall–Kier alpha value is -5.46. The van der Waals surface area contributed by atoms with E-state index in [9.17, 15) is 5.26 Å². The number of hydrogen-bond acceptors (Lipinski definition) is 2. The predicted octanol–water partition coefficient (Wildman–Crippen LogP) is 10.3. The van der Waals surface area contributed by atoms with E-state index in [1.165, 1.54) is 55.3 Å². The van der Waals surface area contributed by atoms with Gasteiger partial charge in [0.2, 0.25) is 0 Å². The molecule has 206 valence electrons. The Morgan fingerprint density at radius 2 is 1.12 bits per heavy atom. The third-order valence-corrected chi connectivity index (χ3v) is 8.47. The molecule has 0 aliphatic carbocycles. The van der Waals surface area contributed by atoms with Crippen LogP contribution in [0.2, 0.25) is 0 Å². The van der Waals surface area contributed by atoms with Crippen molar-refractivity contribution >= 4 is 21.8 Å². The maximum Gasteiger partial charge on any atom is 0.0992 e. The largest absolute Gasteiger partial charge is 0.308 e. The van der Waals surface area contributed by atoms with Gasteiger partial charge in [-0.2, -0.15) is 5.26 Å². The molecule has 0 bridgehead atoms. The monoisotopic (exact) mass is 553 g/mol. The molecule has 0 N–H and O–H groups in total. The van der Waals surface area contributed by atoms with E-state index in [0.717, 1.165) is 27.8 Å². The number of para-hydroxylation sites is 2. The van der Waals surface area contributed by atoms with Crippen molar-refractivity contribution in [3.05, 3.63) is 143 Å². The lowest BCUT2D eigenvalue weighted by Crippen LogP contribution is -1.99. The van der Waals surface area contributed by atoms with Gasteiger partial charge in [0.25, 0.3) is 0 Å². The SMILES string of the molecule is Cc1ccc(-c2cccc3c4cccc(-c5ccc(C)cc5C)c4n(-c4cc(C#N)cc(-c5ccncc5)c4)c23)c(C)c1. The molecular weight excluding hydrogens is 522 g/mol. The summed E-state index contributed by atoms with van der Waals surface area (Å²) in [6, 6.07) is 39.2. The second-order valence-corrected chi connectivity index (χ2v) is 11.5. The Morgan fingerprint density at radius 3 is 1.63 bits per heavy atom. The smallest absolute Gasteiger partial charge is 0.0992 e. The van der Waals surface area contributed by atoms with Crippen molar-refractivity contribution in [2.24, 2.45) is 0 Å². The van der Waals surface area contributed by atoms with Gasteiger partial charge in [-0.15, -0.1) is 0 Å². The molecule has 0 unspecified atom stereocenters. The van der Waals surface area contributed by atoms with E-state index in [-0.39, 0.29) is 0 Å². The van der Waals surface area contributed by atoms with Crippen molar-refractivity contribution in [1.29, 1.82) is 5.26 Å². The average Bonchev–Trinajstić information content (AvgIpc) is 3.37. The highest BCUT2D eigenvalue weighted by atomic mass is 15.0. The van der Waals surface area contributed by atoms with Gasteiger partial charge in [-0.3, -0.25) is 4.98 Å². The second kappa shape index (κ2) is 10.4. The van der Waals surface area contributed by atoms with E-state index in [1.54, 1.807) is 12.4 Å². The highest BCUT2D eigenvalue weighted by Gasteiger charge is 2.21. The van der Waals surface area contributed by atoms with Crippen LogP contribution in [0.1, 0.15) is 27.8 Å². The number of nitrogens with zero attached hydrogens (tertiary/aromatic N) is 3. The summed E-state index contributed by atoms with van der Waals surface area (Å²) in [6.45, 7) is 8.65. The molecule has 0 aliphatic heterocycles. The molecule has 43 heavy (non-hydrogen) atoms. The number of rotatable bonds is 4. The summed E-state index contributed by atoms with van der Waals surface area (Å²) in [5.41, 5.74) is 15.6. The Morgan fingerprint density at radius 1 is 0.558 bits per heavy atom. The van der Waals surface area contributed by atoms with Crippen LogP contribution in [0, 0.1) is 39.0 Å². The van der Waals surface area contributed by atoms with E-state index in [1.807, 2.05) is 24.3 Å². The summed E-state index contributed by atoms with van der Waals surface area (Å²) in [5, 5.41) is 12.5. The summed E-state index contributed by atoms with van der Waals surface area (Å²) in [5.74, 6) is 0. The molecule has 0 spiro atoms. The molecule has 2 aromatic heterocycles. The zero-order valence-electron chi connectivity index (χ0n) is 24.8. The normalized spacial score (nSPS) is 11.2. The fourth-order valence-corrected chi connectivity index (χ4v) is 6.56. The number of aryl methyl sites for hydroxylation is 4. The molecule has 0 radical (unpaired) electrons. The standard InChI is InChI=1S/C40H31N3/c1-25-11-13-33(27(3)19-25)35-7-5-9-37-38-10-6-8-36(34-14-12-26(2)20-28(34)4)40(38)43(39(35)37)32-22-29(24-41)21-31(23-32)30-15-17-42-18-16-30/h5-23H,1-4H3. The summed E-state index contributed by atoms with van der Waals surface area (Å²) in [7, 11) is 0. The maximum absolute atomic E-state index is 10.2. The van der Waals surface area contributed by atoms with Gasteiger partial charge in [-0.1, -0.05) is 83.9 Å². The van der Waals surface area contributed by atoms with Crippen LogP contribution < -0.4 is 0 Å². The molecule has 3 nitrogen and oxygen atoms in total. The molecule has 2 heterocycles. The number of nitriles is 1. The average molecular weight is 554 g/mol. The third kappa shape index (κ3) is 4.49. The van der Waals surface area contributed by atoms with E-state index in [0.29, 0.717) is 5.56 Å². The highest BCUT2D eigenvalue weighted by Crippen LogP contribution is 2.43. The van der Waals surface area contributed by atoms with Gasteiger partial charge < -0.3 is 4.57 Å². The van der Waals surface area contributed by atoms with Crippen molar-refractivity contribution in [3.8, 4) is 45.1 Å². The van der Waals surface area contributed by atoms with Gasteiger partial charge in [0.15, 0.2) is 0 Å². The van der Waals surface area contributed by atoms with E-state index in [4.69, 9.17) is 0 Å². The van der Waals surface area contributed by atoms with E-state index >= 15 is 0 Å². The van der Waals surface area contributed by atoms with Crippen LogP contribution in [-0.4, -0.2) is 9.55 Å². The predicted molar refractivity (Wildman–Crippen MR) is 179 cm³/mol. The zero-order valence-corrected chi connectivity index (χ0v) is 24.8. The molecule has 0 saturated carbocycles. The number of aromatic nitrogens is 2. The van der Waals surface area contributed by atoms with E-state index < -0.39 is 0 Å². The van der Waals surface area contributed by atoms with Crippen LogP contribution in [0.25, 0.3) is 60.9 Å². The lowest BCUT2D eigenvalue weighted by atomic mass is 9.95. The Labute approximate surface area is 252 Å². The molecule has 3 heteroatoms. The van der Waals surface area contributed by atoms with Crippen LogP contribution in [0.3, 0.4) is 0 Å². The van der Waals surface area contributed by atoms with Crippen molar-refractivity contribution in [2.45, 2.75) is 27.7 Å². The third-order valence-electron chi connectivity index (χ3n) is 8.47. The lowest BCUT2D eigenvalue weighted by Gasteiger charge is -2.17. The number of pyridine rings is 1. The molecule has 0 fully saturated rings. The minimum Gasteiger partial charge on any atom is -0.308 e. The topological polar surface area (TPSA) is 41.6 Å². The molecule has 0 aliphatic rings. The zero-order chi connectivity index (χ0) is 29.7. The van der Waals surface area contributed by atoms with E-state index in [2.05, 4.69) is 122 Å². The van der Waals surface area contributed by atoms with Gasteiger partial charge in [-0.05, 0) is 91.4 Å². The summed E-state index contributed by atoms with van der Waals surface area (Å²) in [4.78, 5) is 4.22. The second-order valence-electron chi connectivity index (χ2n) is 11.5. The summed E-state index contributed by atoms with van der Waals surface area (Å²) >= 11 is 0. The van der Waals surface area contributed by atoms with Crippen LogP contribution in [0.4, 0.5) is 0 Å². The van der Waals surface area contributed by atoms with Crippen LogP contribution in [0.5, 0.6) is 0 Å². The van der Waals surface area contributed by atoms with Crippen LogP contribution in [0.15, 0.2) is 116 Å². The Balaban J connectivity index is 1.67. The quantitative estimate of drug-likeness (QED) is 0.218. The minimum atomic E-state index is 0.618. The Bertz CT molecular complexity index is 2120. The fourth-order valence-electron chi connectivity index (χ4n) is 6.56. The first-order chi connectivity index (χ1) is 20.9. The highest BCUT2D eigenvalue weighted by molar-refractivity contribution is 6.17. The molecule has 0 saturated heterocycles. The van der Waals surface area contributed by atoms with Crippen LogP contribution in [-0.2, 0) is 0 Å². The molecule has 7 rings (SSSR count).